The Morgan fingerprint density at radius 1 is 0.465 bits per heavy atom. The molecule has 0 saturated carbocycles. The van der Waals surface area contributed by atoms with Gasteiger partial charge >= 0.3 is 0 Å². The molecule has 0 fully saturated rings. The fourth-order valence-corrected chi connectivity index (χ4v) is 5.90. The highest BCUT2D eigenvalue weighted by molar-refractivity contribution is 6.20. The van der Waals surface area contributed by atoms with Crippen molar-refractivity contribution >= 4 is 33.6 Å². The van der Waals surface area contributed by atoms with E-state index in [1.54, 1.807) is 0 Å². The van der Waals surface area contributed by atoms with Gasteiger partial charge < -0.3 is 9.73 Å². The molecule has 0 bridgehead atoms. The van der Waals surface area contributed by atoms with E-state index in [4.69, 9.17) is 14.4 Å². The molecule has 8 rings (SSSR count). The average Bonchev–Trinajstić information content (AvgIpc) is 3.47. The quantitative estimate of drug-likeness (QED) is 0.231. The van der Waals surface area contributed by atoms with Crippen molar-refractivity contribution in [3.63, 3.8) is 0 Å². The summed E-state index contributed by atoms with van der Waals surface area (Å²) in [5, 5.41) is 5.75. The van der Waals surface area contributed by atoms with Gasteiger partial charge in [-0.1, -0.05) is 133 Å². The van der Waals surface area contributed by atoms with E-state index in [9.17, 15) is 0 Å². The summed E-state index contributed by atoms with van der Waals surface area (Å²) in [5.41, 5.74) is 9.24. The molecule has 0 saturated heterocycles. The van der Waals surface area contributed by atoms with E-state index in [-0.39, 0.29) is 6.17 Å². The van der Waals surface area contributed by atoms with Crippen molar-refractivity contribution in [3.05, 3.63) is 168 Å². The third kappa shape index (κ3) is 4.59. The first-order chi connectivity index (χ1) is 21.3. The van der Waals surface area contributed by atoms with Crippen LogP contribution in [0.25, 0.3) is 44.2 Å². The lowest BCUT2D eigenvalue weighted by atomic mass is 9.90. The predicted octanol–water partition coefficient (Wildman–Crippen LogP) is 9.42. The number of para-hydroxylation sites is 1. The predicted molar refractivity (Wildman–Crippen MR) is 176 cm³/mol. The van der Waals surface area contributed by atoms with E-state index < -0.39 is 0 Å². The van der Waals surface area contributed by atoms with E-state index in [0.717, 1.165) is 61.4 Å². The summed E-state index contributed by atoms with van der Waals surface area (Å²) < 4.78 is 6.50. The lowest BCUT2D eigenvalue weighted by Gasteiger charge is -2.23. The molecule has 1 aliphatic rings. The van der Waals surface area contributed by atoms with Gasteiger partial charge in [-0.15, -0.1) is 0 Å². The zero-order chi connectivity index (χ0) is 28.6. The first-order valence-corrected chi connectivity index (χ1v) is 14.5. The van der Waals surface area contributed by atoms with Gasteiger partial charge in [0.2, 0.25) is 0 Å². The molecule has 1 aliphatic heterocycles. The van der Waals surface area contributed by atoms with Crippen LogP contribution in [-0.2, 0) is 0 Å². The first kappa shape index (κ1) is 25.0. The van der Waals surface area contributed by atoms with E-state index in [1.165, 1.54) is 11.1 Å². The molecule has 43 heavy (non-hydrogen) atoms. The smallest absolute Gasteiger partial charge is 0.169 e. The highest BCUT2D eigenvalue weighted by atomic mass is 16.3. The summed E-state index contributed by atoms with van der Waals surface area (Å²) in [7, 11) is 0. The second-order valence-corrected chi connectivity index (χ2v) is 10.6. The second-order valence-electron chi connectivity index (χ2n) is 10.6. The number of aliphatic imine (C=N–C) groups is 2. The van der Waals surface area contributed by atoms with Crippen LogP contribution in [0.15, 0.2) is 166 Å². The SMILES string of the molecule is c1ccc(C2=NC(c3ccccc3)N=C(c3cc(-c4ccccc4-c4ccccc4)c4c(c3)oc3ccccc34)N2)cc1. The maximum absolute atomic E-state index is 6.50. The van der Waals surface area contributed by atoms with Gasteiger partial charge in [0.05, 0.1) is 0 Å². The lowest BCUT2D eigenvalue weighted by Crippen LogP contribution is -2.36. The van der Waals surface area contributed by atoms with Gasteiger partial charge in [0.25, 0.3) is 0 Å². The summed E-state index contributed by atoms with van der Waals surface area (Å²) in [6, 6.07) is 52.2. The second kappa shape index (κ2) is 10.6. The van der Waals surface area contributed by atoms with Crippen LogP contribution in [0.1, 0.15) is 22.9 Å². The number of rotatable bonds is 5. The Morgan fingerprint density at radius 3 is 1.79 bits per heavy atom. The van der Waals surface area contributed by atoms with Gasteiger partial charge in [-0.3, -0.25) is 0 Å². The Kier molecular flexibility index (Phi) is 6.16. The number of hydrogen-bond acceptors (Lipinski definition) is 4. The normalized spacial score (nSPS) is 14.7. The number of fused-ring (bicyclic) bond motifs is 3. The minimum Gasteiger partial charge on any atom is -0.456 e. The van der Waals surface area contributed by atoms with Gasteiger partial charge in [0.15, 0.2) is 6.17 Å². The molecule has 0 spiro atoms. The molecule has 1 unspecified atom stereocenters. The summed E-state index contributed by atoms with van der Waals surface area (Å²) in [6.07, 6.45) is -0.376. The van der Waals surface area contributed by atoms with E-state index >= 15 is 0 Å². The van der Waals surface area contributed by atoms with Crippen LogP contribution >= 0.6 is 0 Å². The Morgan fingerprint density at radius 2 is 1.05 bits per heavy atom. The van der Waals surface area contributed by atoms with Crippen LogP contribution in [0.2, 0.25) is 0 Å². The van der Waals surface area contributed by atoms with Crippen LogP contribution in [0.3, 0.4) is 0 Å². The van der Waals surface area contributed by atoms with Crippen LogP contribution in [0.4, 0.5) is 0 Å². The summed E-state index contributed by atoms with van der Waals surface area (Å²) in [4.78, 5) is 10.2. The van der Waals surface area contributed by atoms with Gasteiger partial charge in [-0.2, -0.15) is 0 Å². The maximum atomic E-state index is 6.50. The zero-order valence-electron chi connectivity index (χ0n) is 23.3. The zero-order valence-corrected chi connectivity index (χ0v) is 23.3. The Balaban J connectivity index is 1.36. The first-order valence-electron chi connectivity index (χ1n) is 14.5. The molecule has 1 atom stereocenters. The minimum absolute atomic E-state index is 0.376. The van der Waals surface area contributed by atoms with Gasteiger partial charge in [-0.25, -0.2) is 9.98 Å². The fraction of sp³-hybridized carbons (Fsp3) is 0.0256. The number of amidine groups is 2. The van der Waals surface area contributed by atoms with Crippen molar-refractivity contribution in [2.45, 2.75) is 6.17 Å². The van der Waals surface area contributed by atoms with Crippen molar-refractivity contribution in [3.8, 4) is 22.3 Å². The van der Waals surface area contributed by atoms with Crippen molar-refractivity contribution in [1.82, 2.24) is 5.32 Å². The number of benzene rings is 6. The molecule has 204 valence electrons. The highest BCUT2D eigenvalue weighted by Crippen LogP contribution is 2.41. The highest BCUT2D eigenvalue weighted by Gasteiger charge is 2.23. The average molecular weight is 554 g/mol. The number of nitrogens with one attached hydrogen (secondary N) is 1. The molecule has 2 heterocycles. The maximum Gasteiger partial charge on any atom is 0.169 e. The Bertz CT molecular complexity index is 2150. The van der Waals surface area contributed by atoms with Crippen molar-refractivity contribution in [2.24, 2.45) is 9.98 Å². The molecule has 1 N–H and O–H groups in total. The van der Waals surface area contributed by atoms with E-state index in [1.807, 2.05) is 48.5 Å². The molecule has 0 amide bonds. The summed E-state index contributed by atoms with van der Waals surface area (Å²) in [5.74, 6) is 1.54. The standard InChI is InChI=1S/C39H27N3O/c1-4-14-26(15-5-1)30-20-10-11-21-31(30)33-24-29(25-35-36(33)32-22-12-13-23-34(32)43-35)39-41-37(27-16-6-2-7-17-27)40-38(42-39)28-18-8-3-9-19-28/h1-25,37H,(H,40,41,42). The van der Waals surface area contributed by atoms with E-state index in [2.05, 4.69) is 108 Å². The largest absolute Gasteiger partial charge is 0.456 e. The molecule has 1 aromatic heterocycles. The molecule has 7 aromatic rings. The summed E-state index contributed by atoms with van der Waals surface area (Å²) in [6.45, 7) is 0. The molecule has 4 heteroatoms. The Hall–Kier alpha value is -5.74. The van der Waals surface area contributed by atoms with Crippen LogP contribution < -0.4 is 5.32 Å². The monoisotopic (exact) mass is 553 g/mol. The van der Waals surface area contributed by atoms with Gasteiger partial charge in [-0.05, 0) is 46.0 Å². The number of nitrogens with zero attached hydrogens (tertiary/aromatic N) is 2. The topological polar surface area (TPSA) is 49.9 Å². The molecule has 0 radical (unpaired) electrons. The number of furan rings is 1. The van der Waals surface area contributed by atoms with Crippen molar-refractivity contribution < 1.29 is 4.42 Å². The molecular formula is C39H27N3O. The van der Waals surface area contributed by atoms with Crippen molar-refractivity contribution in [1.29, 1.82) is 0 Å². The third-order valence-electron chi connectivity index (χ3n) is 7.94. The molecule has 4 nitrogen and oxygen atoms in total. The molecule has 0 aliphatic carbocycles. The summed E-state index contributed by atoms with van der Waals surface area (Å²) >= 11 is 0. The number of hydrogen-bond donors (Lipinski definition) is 1. The third-order valence-corrected chi connectivity index (χ3v) is 7.94. The molecular weight excluding hydrogens is 526 g/mol. The minimum atomic E-state index is -0.376. The molecule has 6 aromatic carbocycles. The lowest BCUT2D eigenvalue weighted by molar-refractivity contribution is 0.669. The van der Waals surface area contributed by atoms with Crippen molar-refractivity contribution in [2.75, 3.05) is 0 Å². The van der Waals surface area contributed by atoms with Crippen LogP contribution in [-0.4, -0.2) is 11.7 Å². The van der Waals surface area contributed by atoms with E-state index in [0.29, 0.717) is 0 Å². The van der Waals surface area contributed by atoms with Crippen LogP contribution in [0.5, 0.6) is 0 Å². The van der Waals surface area contributed by atoms with Gasteiger partial charge in [0.1, 0.15) is 22.8 Å². The van der Waals surface area contributed by atoms with Crippen LogP contribution in [0, 0.1) is 0 Å². The van der Waals surface area contributed by atoms with Gasteiger partial charge in [0, 0.05) is 21.9 Å². The fourth-order valence-electron chi connectivity index (χ4n) is 5.90. The Labute approximate surface area is 249 Å².